The van der Waals surface area contributed by atoms with Crippen molar-refractivity contribution in [3.8, 4) is 22.7 Å². The maximum Gasteiger partial charge on any atom is 0.251 e. The van der Waals surface area contributed by atoms with Crippen LogP contribution in [0.15, 0.2) is 61.1 Å². The second kappa shape index (κ2) is 8.67. The summed E-state index contributed by atoms with van der Waals surface area (Å²) in [4.78, 5) is 21.4. The zero-order valence-corrected chi connectivity index (χ0v) is 19.0. The van der Waals surface area contributed by atoms with Gasteiger partial charge in [0.2, 0.25) is 0 Å². The number of carbonyl (C=O) groups is 1. The van der Waals surface area contributed by atoms with Gasteiger partial charge in [0.05, 0.1) is 29.8 Å². The first kappa shape index (κ1) is 21.2. The Bertz CT molecular complexity index is 1340. The van der Waals surface area contributed by atoms with Crippen molar-refractivity contribution in [1.29, 1.82) is 0 Å². The minimum absolute atomic E-state index is 0.162. The molecule has 33 heavy (non-hydrogen) atoms. The summed E-state index contributed by atoms with van der Waals surface area (Å²) in [6, 6.07) is 13.2. The Hall–Kier alpha value is -3.71. The standard InChI is InChI=1S/C25H22ClN5O2/c1-15-8-16(2)31(30-15)20-5-3-4-17(10-20)25(32)29-13-21-11-18-9-19(26)12-22(24(18)33-21)23-14-27-6-7-28-23/h3-10,12,14,21H,11,13H2,1-2H3,(H,29,32)/t21-/m1/s1. The number of fused-ring (bicyclic) bond motifs is 1. The molecule has 1 amide bonds. The quantitative estimate of drug-likeness (QED) is 0.480. The van der Waals surface area contributed by atoms with Crippen molar-refractivity contribution in [2.24, 2.45) is 0 Å². The van der Waals surface area contributed by atoms with Crippen molar-refractivity contribution in [3.05, 3.63) is 88.6 Å². The molecule has 8 heteroatoms. The lowest BCUT2D eigenvalue weighted by Crippen LogP contribution is -2.34. The molecule has 0 unspecified atom stereocenters. The first-order valence-corrected chi connectivity index (χ1v) is 11.0. The third-order valence-electron chi connectivity index (χ3n) is 5.55. The molecule has 1 aliphatic heterocycles. The Kier molecular flexibility index (Phi) is 5.56. The molecule has 0 spiro atoms. The second-order valence-electron chi connectivity index (χ2n) is 8.08. The smallest absolute Gasteiger partial charge is 0.251 e. The van der Waals surface area contributed by atoms with E-state index in [4.69, 9.17) is 16.3 Å². The van der Waals surface area contributed by atoms with Crippen molar-refractivity contribution >= 4 is 17.5 Å². The first-order chi connectivity index (χ1) is 16.0. The van der Waals surface area contributed by atoms with Gasteiger partial charge in [-0.25, -0.2) is 4.68 Å². The lowest BCUT2D eigenvalue weighted by molar-refractivity contribution is 0.0933. The number of carbonyl (C=O) groups excluding carboxylic acids is 1. The van der Waals surface area contributed by atoms with Crippen LogP contribution in [0.3, 0.4) is 0 Å². The average Bonchev–Trinajstić information content (AvgIpc) is 3.39. The molecule has 0 saturated carbocycles. The predicted molar refractivity (Wildman–Crippen MR) is 126 cm³/mol. The maximum atomic E-state index is 12.9. The molecule has 2 aromatic carbocycles. The Balaban J connectivity index is 1.29. The minimum Gasteiger partial charge on any atom is -0.487 e. The number of hydrogen-bond donors (Lipinski definition) is 1. The molecule has 1 N–H and O–H groups in total. The molecule has 7 nitrogen and oxygen atoms in total. The fourth-order valence-electron chi connectivity index (χ4n) is 4.11. The third kappa shape index (κ3) is 4.32. The number of ether oxygens (including phenoxy) is 1. The summed E-state index contributed by atoms with van der Waals surface area (Å²) in [5.74, 6) is 0.579. The summed E-state index contributed by atoms with van der Waals surface area (Å²) in [5.41, 5.74) is 5.86. The van der Waals surface area contributed by atoms with Gasteiger partial charge < -0.3 is 10.1 Å². The molecule has 0 fully saturated rings. The van der Waals surface area contributed by atoms with Gasteiger partial charge in [-0.3, -0.25) is 14.8 Å². The summed E-state index contributed by atoms with van der Waals surface area (Å²) >= 11 is 6.33. The van der Waals surface area contributed by atoms with Crippen LogP contribution in [0.1, 0.15) is 27.3 Å². The van der Waals surface area contributed by atoms with Crippen LogP contribution < -0.4 is 10.1 Å². The van der Waals surface area contributed by atoms with Gasteiger partial charge in [-0.2, -0.15) is 5.10 Å². The van der Waals surface area contributed by atoms with E-state index in [1.807, 2.05) is 54.9 Å². The predicted octanol–water partition coefficient (Wildman–Crippen LogP) is 4.33. The van der Waals surface area contributed by atoms with Crippen LogP contribution in [0.2, 0.25) is 5.02 Å². The molecule has 0 bridgehead atoms. The molecule has 0 saturated heterocycles. The van der Waals surface area contributed by atoms with E-state index < -0.39 is 0 Å². The first-order valence-electron chi connectivity index (χ1n) is 10.7. The number of halogens is 1. The Morgan fingerprint density at radius 3 is 2.85 bits per heavy atom. The highest BCUT2D eigenvalue weighted by Gasteiger charge is 2.27. The van der Waals surface area contributed by atoms with Crippen LogP contribution in [0, 0.1) is 13.8 Å². The summed E-state index contributed by atoms with van der Waals surface area (Å²) in [6.45, 7) is 4.31. The molecule has 3 heterocycles. The molecule has 166 valence electrons. The fraction of sp³-hybridized carbons (Fsp3) is 0.200. The van der Waals surface area contributed by atoms with Gasteiger partial charge in [-0.15, -0.1) is 0 Å². The van der Waals surface area contributed by atoms with Gasteiger partial charge in [0.1, 0.15) is 11.9 Å². The van der Waals surface area contributed by atoms with Gasteiger partial charge in [-0.05, 0) is 50.2 Å². The van der Waals surface area contributed by atoms with Crippen LogP contribution in [0.5, 0.6) is 5.75 Å². The van der Waals surface area contributed by atoms with Crippen molar-refractivity contribution in [2.45, 2.75) is 26.4 Å². The van der Waals surface area contributed by atoms with Crippen LogP contribution in [-0.2, 0) is 6.42 Å². The lowest BCUT2D eigenvalue weighted by atomic mass is 10.0. The molecule has 5 rings (SSSR count). The normalized spacial score (nSPS) is 14.6. The molecule has 0 aliphatic carbocycles. The number of benzene rings is 2. The maximum absolute atomic E-state index is 12.9. The molecule has 1 atom stereocenters. The summed E-state index contributed by atoms with van der Waals surface area (Å²) in [7, 11) is 0. The summed E-state index contributed by atoms with van der Waals surface area (Å²) < 4.78 is 8.02. The van der Waals surface area contributed by atoms with Crippen LogP contribution >= 0.6 is 11.6 Å². The Labute approximate surface area is 196 Å². The largest absolute Gasteiger partial charge is 0.487 e. The van der Waals surface area contributed by atoms with Gasteiger partial charge >= 0.3 is 0 Å². The number of nitrogens with one attached hydrogen (secondary N) is 1. The van der Waals surface area contributed by atoms with E-state index >= 15 is 0 Å². The topological polar surface area (TPSA) is 81.9 Å². The van der Waals surface area contributed by atoms with E-state index in [1.165, 1.54) is 0 Å². The minimum atomic E-state index is -0.197. The van der Waals surface area contributed by atoms with Crippen molar-refractivity contribution in [1.82, 2.24) is 25.1 Å². The van der Waals surface area contributed by atoms with E-state index in [0.29, 0.717) is 29.2 Å². The number of aromatic nitrogens is 4. The van der Waals surface area contributed by atoms with E-state index in [1.54, 1.807) is 24.7 Å². The number of hydrogen-bond acceptors (Lipinski definition) is 5. The number of nitrogens with zero attached hydrogens (tertiary/aromatic N) is 4. The van der Waals surface area contributed by atoms with Crippen molar-refractivity contribution < 1.29 is 9.53 Å². The number of rotatable bonds is 5. The van der Waals surface area contributed by atoms with Gasteiger partial charge in [0.15, 0.2) is 0 Å². The lowest BCUT2D eigenvalue weighted by Gasteiger charge is -2.14. The highest BCUT2D eigenvalue weighted by atomic mass is 35.5. The summed E-state index contributed by atoms with van der Waals surface area (Å²) in [6.07, 6.45) is 5.39. The van der Waals surface area contributed by atoms with Crippen LogP contribution in [-0.4, -0.2) is 38.3 Å². The monoisotopic (exact) mass is 459 g/mol. The fourth-order valence-corrected chi connectivity index (χ4v) is 4.36. The highest BCUT2D eigenvalue weighted by Crippen LogP contribution is 2.40. The Morgan fingerprint density at radius 2 is 2.09 bits per heavy atom. The van der Waals surface area contributed by atoms with Crippen LogP contribution in [0.25, 0.3) is 16.9 Å². The highest BCUT2D eigenvalue weighted by molar-refractivity contribution is 6.31. The number of aryl methyl sites for hydroxylation is 2. The third-order valence-corrected chi connectivity index (χ3v) is 5.77. The van der Waals surface area contributed by atoms with Crippen molar-refractivity contribution in [3.63, 3.8) is 0 Å². The van der Waals surface area contributed by atoms with Crippen LogP contribution in [0.4, 0.5) is 0 Å². The van der Waals surface area contributed by atoms with Gasteiger partial charge in [0, 0.05) is 46.2 Å². The van der Waals surface area contributed by atoms with E-state index in [-0.39, 0.29) is 12.0 Å². The van der Waals surface area contributed by atoms with Crippen molar-refractivity contribution in [2.75, 3.05) is 6.54 Å². The molecule has 4 aromatic rings. The zero-order chi connectivity index (χ0) is 22.9. The summed E-state index contributed by atoms with van der Waals surface area (Å²) in [5, 5.41) is 8.11. The van der Waals surface area contributed by atoms with E-state index in [0.717, 1.165) is 34.0 Å². The Morgan fingerprint density at radius 1 is 1.21 bits per heavy atom. The molecular formula is C25H22ClN5O2. The molecular weight excluding hydrogens is 438 g/mol. The van der Waals surface area contributed by atoms with Gasteiger partial charge in [0.25, 0.3) is 5.91 Å². The SMILES string of the molecule is Cc1cc(C)n(-c2cccc(C(=O)NC[C@H]3Cc4cc(Cl)cc(-c5cnccn5)c4O3)c2)n1. The molecule has 0 radical (unpaired) electrons. The number of amides is 1. The molecule has 1 aliphatic rings. The second-order valence-corrected chi connectivity index (χ2v) is 8.51. The van der Waals surface area contributed by atoms with Gasteiger partial charge in [-0.1, -0.05) is 17.7 Å². The average molecular weight is 460 g/mol. The van der Waals surface area contributed by atoms with E-state index in [2.05, 4.69) is 20.4 Å². The zero-order valence-electron chi connectivity index (χ0n) is 18.2. The molecule has 2 aromatic heterocycles. The van der Waals surface area contributed by atoms with E-state index in [9.17, 15) is 4.79 Å².